The van der Waals surface area contributed by atoms with Crippen molar-refractivity contribution in [3.8, 4) is 0 Å². The molecule has 0 saturated heterocycles. The first-order valence-corrected chi connectivity index (χ1v) is 8.14. The van der Waals surface area contributed by atoms with E-state index in [1.165, 1.54) is 4.68 Å². The van der Waals surface area contributed by atoms with Gasteiger partial charge in [-0.1, -0.05) is 18.2 Å². The van der Waals surface area contributed by atoms with E-state index in [-0.39, 0.29) is 18.5 Å². The lowest BCUT2D eigenvalue weighted by atomic mass is 10.2. The number of hydrogen-bond donors (Lipinski definition) is 0. The zero-order valence-electron chi connectivity index (χ0n) is 13.6. The van der Waals surface area contributed by atoms with Crippen molar-refractivity contribution in [1.82, 2.24) is 19.1 Å². The second-order valence-corrected chi connectivity index (χ2v) is 6.04. The fourth-order valence-electron chi connectivity index (χ4n) is 2.59. The number of carbonyl (C=O) groups excluding carboxylic acids is 1. The van der Waals surface area contributed by atoms with E-state index in [0.717, 1.165) is 5.69 Å². The monoisotopic (exact) mass is 341 g/mol. The largest absolute Gasteiger partial charge is 0.308 e. The van der Waals surface area contributed by atoms with Crippen LogP contribution < -0.4 is 4.90 Å². The molecule has 24 heavy (non-hydrogen) atoms. The predicted molar refractivity (Wildman–Crippen MR) is 95.3 cm³/mol. The van der Waals surface area contributed by atoms with Gasteiger partial charge in [-0.15, -0.1) is 0 Å². The van der Waals surface area contributed by atoms with Gasteiger partial charge in [-0.3, -0.25) is 9.47 Å². The average molecular weight is 341 g/mol. The van der Waals surface area contributed by atoms with E-state index in [2.05, 4.69) is 5.10 Å². The molecular formula is C17H19N5OS. The Morgan fingerprint density at radius 1 is 1.17 bits per heavy atom. The van der Waals surface area contributed by atoms with Crippen molar-refractivity contribution in [2.24, 2.45) is 0 Å². The van der Waals surface area contributed by atoms with E-state index in [1.54, 1.807) is 15.9 Å². The molecule has 124 valence electrons. The minimum atomic E-state index is -0.0509. The van der Waals surface area contributed by atoms with Crippen molar-refractivity contribution >= 4 is 23.8 Å². The number of benzene rings is 1. The normalized spacial score (nSPS) is 11.0. The van der Waals surface area contributed by atoms with Crippen molar-refractivity contribution in [2.75, 3.05) is 4.90 Å². The maximum absolute atomic E-state index is 12.8. The molecule has 0 spiro atoms. The van der Waals surface area contributed by atoms with E-state index >= 15 is 0 Å². The zero-order chi connectivity index (χ0) is 17.1. The molecule has 0 aliphatic heterocycles. The summed E-state index contributed by atoms with van der Waals surface area (Å²) in [7, 11) is 0. The maximum atomic E-state index is 12.8. The molecule has 2 aromatic heterocycles. The summed E-state index contributed by atoms with van der Waals surface area (Å²) < 4.78 is 5.53. The summed E-state index contributed by atoms with van der Waals surface area (Å²) in [4.78, 5) is 14.6. The lowest BCUT2D eigenvalue weighted by Crippen LogP contribution is -2.39. The number of aromatic nitrogens is 4. The second kappa shape index (κ2) is 6.84. The van der Waals surface area contributed by atoms with E-state index in [4.69, 9.17) is 12.2 Å². The van der Waals surface area contributed by atoms with Gasteiger partial charge in [0.05, 0.1) is 0 Å². The number of rotatable bonds is 5. The van der Waals surface area contributed by atoms with Crippen LogP contribution in [-0.2, 0) is 11.3 Å². The van der Waals surface area contributed by atoms with E-state index in [9.17, 15) is 4.79 Å². The third kappa shape index (κ3) is 3.16. The van der Waals surface area contributed by atoms with Crippen LogP contribution in [0.25, 0.3) is 0 Å². The lowest BCUT2D eigenvalue weighted by Gasteiger charge is -2.26. The van der Waals surface area contributed by atoms with Gasteiger partial charge >= 0.3 is 0 Å². The first-order chi connectivity index (χ1) is 11.6. The molecule has 0 saturated carbocycles. The molecular weight excluding hydrogens is 322 g/mol. The highest BCUT2D eigenvalue weighted by molar-refractivity contribution is 7.71. The van der Waals surface area contributed by atoms with Crippen LogP contribution in [0.15, 0.2) is 61.2 Å². The van der Waals surface area contributed by atoms with Crippen molar-refractivity contribution in [3.05, 3.63) is 66.0 Å². The van der Waals surface area contributed by atoms with Crippen molar-refractivity contribution in [3.63, 3.8) is 0 Å². The Morgan fingerprint density at radius 2 is 1.83 bits per heavy atom. The maximum Gasteiger partial charge on any atom is 0.249 e. The Morgan fingerprint density at radius 3 is 2.46 bits per heavy atom. The van der Waals surface area contributed by atoms with Gasteiger partial charge in [-0.25, -0.2) is 9.36 Å². The number of anilines is 1. The molecule has 7 heteroatoms. The summed E-state index contributed by atoms with van der Waals surface area (Å²) in [5, 5.41) is 4.25. The van der Waals surface area contributed by atoms with Crippen molar-refractivity contribution < 1.29 is 4.79 Å². The molecule has 3 rings (SSSR count). The summed E-state index contributed by atoms with van der Waals surface area (Å²) in [6.45, 7) is 4.07. The summed E-state index contributed by atoms with van der Waals surface area (Å²) in [5.41, 5.74) is 0.869. The standard InChI is InChI=1S/C17H19N5OS/c1-14(2)22(15-8-4-3-5-9-15)16(23)12-20-17(24)21(13-18-20)19-10-6-7-11-19/h3-11,13-14H,12H2,1-2H3. The molecule has 0 fully saturated rings. The molecule has 0 aliphatic rings. The average Bonchev–Trinajstić information content (AvgIpc) is 3.19. The minimum absolute atomic E-state index is 0.0422. The first kappa shape index (κ1) is 16.2. The molecule has 0 radical (unpaired) electrons. The summed E-state index contributed by atoms with van der Waals surface area (Å²) >= 11 is 5.43. The summed E-state index contributed by atoms with van der Waals surface area (Å²) in [6.07, 6.45) is 5.35. The Balaban J connectivity index is 1.85. The van der Waals surface area contributed by atoms with E-state index in [1.807, 2.05) is 73.4 Å². The fraction of sp³-hybridized carbons (Fsp3) is 0.235. The van der Waals surface area contributed by atoms with Gasteiger partial charge in [0.2, 0.25) is 10.7 Å². The molecule has 1 amide bonds. The Kier molecular flexibility index (Phi) is 4.61. The molecule has 0 atom stereocenters. The Labute approximate surface area is 145 Å². The number of nitrogens with zero attached hydrogens (tertiary/aromatic N) is 5. The predicted octanol–water partition coefficient (Wildman–Crippen LogP) is 2.97. The second-order valence-electron chi connectivity index (χ2n) is 5.67. The van der Waals surface area contributed by atoms with E-state index in [0.29, 0.717) is 4.77 Å². The fourth-order valence-corrected chi connectivity index (χ4v) is 2.84. The highest BCUT2D eigenvalue weighted by Gasteiger charge is 2.20. The van der Waals surface area contributed by atoms with Crippen LogP contribution in [0.1, 0.15) is 13.8 Å². The first-order valence-electron chi connectivity index (χ1n) is 7.73. The Hall–Kier alpha value is -2.67. The van der Waals surface area contributed by atoms with E-state index < -0.39 is 0 Å². The highest BCUT2D eigenvalue weighted by Crippen LogP contribution is 2.17. The number of amides is 1. The number of hydrogen-bond acceptors (Lipinski definition) is 3. The van der Waals surface area contributed by atoms with Gasteiger partial charge in [0.15, 0.2) is 0 Å². The third-order valence-corrected chi connectivity index (χ3v) is 4.06. The SMILES string of the molecule is CC(C)N(C(=O)Cn1ncn(-n2cccc2)c1=S)c1ccccc1. The molecule has 0 aliphatic carbocycles. The highest BCUT2D eigenvalue weighted by atomic mass is 32.1. The van der Waals surface area contributed by atoms with Crippen LogP contribution in [-0.4, -0.2) is 31.1 Å². The summed E-state index contributed by atoms with van der Waals surface area (Å²) in [5.74, 6) is -0.0509. The molecule has 1 aromatic carbocycles. The van der Waals surface area contributed by atoms with Crippen molar-refractivity contribution in [2.45, 2.75) is 26.4 Å². The zero-order valence-corrected chi connectivity index (χ0v) is 14.4. The van der Waals surface area contributed by atoms with Crippen LogP contribution in [0.2, 0.25) is 0 Å². The topological polar surface area (TPSA) is 48.0 Å². The smallest absolute Gasteiger partial charge is 0.249 e. The quantitative estimate of drug-likeness (QED) is 0.670. The van der Waals surface area contributed by atoms with Gasteiger partial charge < -0.3 is 4.90 Å². The molecule has 0 N–H and O–H groups in total. The molecule has 6 nitrogen and oxygen atoms in total. The molecule has 0 unspecified atom stereocenters. The molecule has 2 heterocycles. The van der Waals surface area contributed by atoms with Crippen LogP contribution in [0, 0.1) is 4.77 Å². The molecule has 0 bridgehead atoms. The summed E-state index contributed by atoms with van der Waals surface area (Å²) in [6, 6.07) is 13.5. The van der Waals surface area contributed by atoms with Gasteiger partial charge in [-0.2, -0.15) is 5.10 Å². The van der Waals surface area contributed by atoms with Crippen LogP contribution >= 0.6 is 12.2 Å². The number of carbonyl (C=O) groups is 1. The van der Waals surface area contributed by atoms with Crippen LogP contribution in [0.3, 0.4) is 0 Å². The lowest BCUT2D eigenvalue weighted by molar-refractivity contribution is -0.119. The van der Waals surface area contributed by atoms with Crippen LogP contribution in [0.4, 0.5) is 5.69 Å². The van der Waals surface area contributed by atoms with Crippen LogP contribution in [0.5, 0.6) is 0 Å². The van der Waals surface area contributed by atoms with Gasteiger partial charge in [0, 0.05) is 24.1 Å². The van der Waals surface area contributed by atoms with Gasteiger partial charge in [0.1, 0.15) is 12.9 Å². The van der Waals surface area contributed by atoms with Crippen molar-refractivity contribution in [1.29, 1.82) is 0 Å². The molecule has 3 aromatic rings. The third-order valence-electron chi connectivity index (χ3n) is 3.66. The van der Waals surface area contributed by atoms with Gasteiger partial charge in [0.25, 0.3) is 0 Å². The Bertz CT molecular complexity index is 864. The minimum Gasteiger partial charge on any atom is -0.308 e. The van der Waals surface area contributed by atoms with Gasteiger partial charge in [-0.05, 0) is 50.3 Å². The number of para-hydroxylation sites is 1.